The van der Waals surface area contributed by atoms with E-state index in [1.807, 2.05) is 34.5 Å². The monoisotopic (exact) mass is 350 g/mol. The van der Waals surface area contributed by atoms with Gasteiger partial charge in [0.15, 0.2) is 0 Å². The number of carbonyl (C=O) groups is 1. The maximum absolute atomic E-state index is 13.0. The second-order valence-corrected chi connectivity index (χ2v) is 6.97. The van der Waals surface area contributed by atoms with Gasteiger partial charge in [-0.3, -0.25) is 4.79 Å². The number of amides is 1. The van der Waals surface area contributed by atoms with Gasteiger partial charge < -0.3 is 9.64 Å². The zero-order valence-corrected chi connectivity index (χ0v) is 14.8. The molecule has 0 fully saturated rings. The molecule has 0 aliphatic carbocycles. The molecule has 1 amide bonds. The predicted molar refractivity (Wildman–Crippen MR) is 99.8 cm³/mol. The van der Waals surface area contributed by atoms with Gasteiger partial charge in [-0.1, -0.05) is 29.0 Å². The van der Waals surface area contributed by atoms with Crippen molar-refractivity contribution in [3.05, 3.63) is 70.7 Å². The molecule has 0 radical (unpaired) electrons. The summed E-state index contributed by atoms with van der Waals surface area (Å²) in [5, 5.41) is 2.46. The van der Waals surface area contributed by atoms with Gasteiger partial charge in [-0.15, -0.1) is 0 Å². The van der Waals surface area contributed by atoms with E-state index in [4.69, 9.17) is 4.74 Å². The maximum Gasteiger partial charge on any atom is 0.278 e. The lowest BCUT2D eigenvalue weighted by atomic mass is 9.99. The minimum absolute atomic E-state index is 0.0330. The SMILES string of the molecule is Cc1ccc2c(c1)CCCN2C(=O)c1ccc(Oc2nccs2)cc1. The van der Waals surface area contributed by atoms with Crippen LogP contribution in [0.25, 0.3) is 0 Å². The van der Waals surface area contributed by atoms with Gasteiger partial charge in [-0.2, -0.15) is 0 Å². The second-order valence-electron chi connectivity index (χ2n) is 6.12. The van der Waals surface area contributed by atoms with Crippen LogP contribution in [0.2, 0.25) is 0 Å². The van der Waals surface area contributed by atoms with E-state index >= 15 is 0 Å². The Kier molecular flexibility index (Phi) is 4.24. The third-order valence-electron chi connectivity index (χ3n) is 4.31. The van der Waals surface area contributed by atoms with Crippen LogP contribution in [-0.4, -0.2) is 17.4 Å². The van der Waals surface area contributed by atoms with Crippen molar-refractivity contribution in [1.29, 1.82) is 0 Å². The number of nitrogens with zero attached hydrogens (tertiary/aromatic N) is 2. The van der Waals surface area contributed by atoms with Crippen molar-refractivity contribution < 1.29 is 9.53 Å². The quantitative estimate of drug-likeness (QED) is 0.679. The molecule has 1 aliphatic heterocycles. The molecule has 2 aromatic carbocycles. The number of hydrogen-bond donors (Lipinski definition) is 0. The van der Waals surface area contributed by atoms with Crippen molar-refractivity contribution in [1.82, 2.24) is 4.98 Å². The minimum Gasteiger partial charge on any atom is -0.431 e. The van der Waals surface area contributed by atoms with E-state index in [-0.39, 0.29) is 5.91 Å². The van der Waals surface area contributed by atoms with Gasteiger partial charge in [0.2, 0.25) is 0 Å². The Morgan fingerprint density at radius 3 is 2.80 bits per heavy atom. The van der Waals surface area contributed by atoms with E-state index in [9.17, 15) is 4.79 Å². The van der Waals surface area contributed by atoms with E-state index in [1.54, 1.807) is 6.20 Å². The molecule has 2 heterocycles. The molecule has 126 valence electrons. The summed E-state index contributed by atoms with van der Waals surface area (Å²) < 4.78 is 5.65. The third kappa shape index (κ3) is 3.28. The summed E-state index contributed by atoms with van der Waals surface area (Å²) in [6, 6.07) is 13.6. The Bertz CT molecular complexity index is 889. The molecule has 1 aromatic heterocycles. The summed E-state index contributed by atoms with van der Waals surface area (Å²) >= 11 is 1.44. The zero-order valence-electron chi connectivity index (χ0n) is 13.9. The highest BCUT2D eigenvalue weighted by Crippen LogP contribution is 2.30. The summed E-state index contributed by atoms with van der Waals surface area (Å²) in [6.07, 6.45) is 3.72. The molecule has 4 rings (SSSR count). The number of carbonyl (C=O) groups excluding carboxylic acids is 1. The van der Waals surface area contributed by atoms with Crippen LogP contribution < -0.4 is 9.64 Å². The fourth-order valence-electron chi connectivity index (χ4n) is 3.12. The lowest BCUT2D eigenvalue weighted by Crippen LogP contribution is -2.35. The number of fused-ring (bicyclic) bond motifs is 1. The molecule has 0 saturated heterocycles. The van der Waals surface area contributed by atoms with Crippen molar-refractivity contribution in [3.63, 3.8) is 0 Å². The number of hydrogen-bond acceptors (Lipinski definition) is 4. The van der Waals surface area contributed by atoms with E-state index in [0.717, 1.165) is 25.1 Å². The molecule has 0 atom stereocenters. The Labute approximate surface area is 150 Å². The molecule has 1 aliphatic rings. The fraction of sp³-hybridized carbons (Fsp3) is 0.200. The van der Waals surface area contributed by atoms with Gasteiger partial charge in [0.25, 0.3) is 11.1 Å². The highest BCUT2D eigenvalue weighted by Gasteiger charge is 2.23. The molecule has 0 unspecified atom stereocenters. The number of aryl methyl sites for hydroxylation is 2. The lowest BCUT2D eigenvalue weighted by Gasteiger charge is -2.30. The Morgan fingerprint density at radius 2 is 2.04 bits per heavy atom. The molecule has 4 nitrogen and oxygen atoms in total. The normalized spacial score (nSPS) is 13.4. The van der Waals surface area contributed by atoms with E-state index in [0.29, 0.717) is 16.5 Å². The third-order valence-corrected chi connectivity index (χ3v) is 4.96. The van der Waals surface area contributed by atoms with Crippen LogP contribution in [0.3, 0.4) is 0 Å². The molecular weight excluding hydrogens is 332 g/mol. The van der Waals surface area contributed by atoms with Gasteiger partial charge in [0, 0.05) is 29.4 Å². The number of ether oxygens (including phenoxy) is 1. The van der Waals surface area contributed by atoms with Crippen LogP contribution >= 0.6 is 11.3 Å². The molecule has 0 spiro atoms. The zero-order chi connectivity index (χ0) is 17.2. The average molecular weight is 350 g/mol. The Hall–Kier alpha value is -2.66. The second kappa shape index (κ2) is 6.69. The molecule has 0 N–H and O–H groups in total. The van der Waals surface area contributed by atoms with Crippen molar-refractivity contribution in [2.45, 2.75) is 19.8 Å². The van der Waals surface area contributed by atoms with Crippen LogP contribution in [0.15, 0.2) is 54.0 Å². The summed E-state index contributed by atoms with van der Waals surface area (Å²) in [6.45, 7) is 2.84. The highest BCUT2D eigenvalue weighted by atomic mass is 32.1. The van der Waals surface area contributed by atoms with Crippen LogP contribution in [0, 0.1) is 6.92 Å². The van der Waals surface area contributed by atoms with Gasteiger partial charge >= 0.3 is 0 Å². The number of rotatable bonds is 3. The summed E-state index contributed by atoms with van der Waals surface area (Å²) in [7, 11) is 0. The van der Waals surface area contributed by atoms with Gasteiger partial charge in [0.1, 0.15) is 5.75 Å². The summed E-state index contributed by atoms with van der Waals surface area (Å²) in [5.41, 5.74) is 4.19. The van der Waals surface area contributed by atoms with Crippen LogP contribution in [-0.2, 0) is 6.42 Å². The van der Waals surface area contributed by atoms with Gasteiger partial charge in [-0.05, 0) is 55.7 Å². The van der Waals surface area contributed by atoms with Crippen molar-refractivity contribution in [3.8, 4) is 10.9 Å². The molecule has 0 bridgehead atoms. The first-order valence-electron chi connectivity index (χ1n) is 8.29. The maximum atomic E-state index is 13.0. The Morgan fingerprint density at radius 1 is 1.20 bits per heavy atom. The van der Waals surface area contributed by atoms with E-state index in [2.05, 4.69) is 30.1 Å². The Balaban J connectivity index is 1.55. The molecule has 5 heteroatoms. The largest absolute Gasteiger partial charge is 0.431 e. The minimum atomic E-state index is 0.0330. The summed E-state index contributed by atoms with van der Waals surface area (Å²) in [5.74, 6) is 0.715. The molecular formula is C20H18N2O2S. The van der Waals surface area contributed by atoms with Gasteiger partial charge in [-0.25, -0.2) is 4.98 Å². The summed E-state index contributed by atoms with van der Waals surface area (Å²) in [4.78, 5) is 18.9. The number of aromatic nitrogens is 1. The van der Waals surface area contributed by atoms with Gasteiger partial charge in [0.05, 0.1) is 0 Å². The van der Waals surface area contributed by atoms with Crippen molar-refractivity contribution >= 4 is 22.9 Å². The van der Waals surface area contributed by atoms with Crippen LogP contribution in [0.1, 0.15) is 27.9 Å². The smallest absolute Gasteiger partial charge is 0.278 e. The van der Waals surface area contributed by atoms with Crippen LogP contribution in [0.4, 0.5) is 5.69 Å². The molecule has 25 heavy (non-hydrogen) atoms. The molecule has 3 aromatic rings. The standard InChI is InChI=1S/C20H18N2O2S/c1-14-4-9-18-16(13-14)3-2-11-22(18)19(23)15-5-7-17(8-6-15)24-20-21-10-12-25-20/h4-10,12-13H,2-3,11H2,1H3. The highest BCUT2D eigenvalue weighted by molar-refractivity contribution is 7.11. The first-order valence-corrected chi connectivity index (χ1v) is 9.17. The van der Waals surface area contributed by atoms with Crippen LogP contribution in [0.5, 0.6) is 10.9 Å². The van der Waals surface area contributed by atoms with Crippen molar-refractivity contribution in [2.24, 2.45) is 0 Å². The fourth-order valence-corrected chi connectivity index (χ4v) is 3.62. The van der Waals surface area contributed by atoms with E-state index in [1.165, 1.54) is 22.5 Å². The first-order chi connectivity index (χ1) is 12.2. The van der Waals surface area contributed by atoms with E-state index < -0.39 is 0 Å². The topological polar surface area (TPSA) is 42.4 Å². The molecule has 0 saturated carbocycles. The average Bonchev–Trinajstić information content (AvgIpc) is 3.14. The predicted octanol–water partition coefficient (Wildman–Crippen LogP) is 4.84. The number of thiazole rings is 1. The lowest BCUT2D eigenvalue weighted by molar-refractivity contribution is 0.0985. The number of benzene rings is 2. The van der Waals surface area contributed by atoms with Crippen molar-refractivity contribution in [2.75, 3.05) is 11.4 Å². The number of anilines is 1. The first kappa shape index (κ1) is 15.8.